The summed E-state index contributed by atoms with van der Waals surface area (Å²) in [4.78, 5) is 13.4. The highest BCUT2D eigenvalue weighted by Gasteiger charge is 2.42. The van der Waals surface area contributed by atoms with Crippen LogP contribution in [0.5, 0.6) is 0 Å². The fourth-order valence-corrected chi connectivity index (χ4v) is 4.15. The van der Waals surface area contributed by atoms with E-state index in [0.29, 0.717) is 19.1 Å². The summed E-state index contributed by atoms with van der Waals surface area (Å²) in [5.74, 6) is -0.636. The topological polar surface area (TPSA) is 86.7 Å². The maximum Gasteiger partial charge on any atom is 0.324 e. The number of nitrogens with zero attached hydrogens (tertiary/aromatic N) is 1. The van der Waals surface area contributed by atoms with Gasteiger partial charge in [0.05, 0.1) is 11.5 Å². The molecule has 1 saturated heterocycles. The van der Waals surface area contributed by atoms with E-state index in [1.807, 2.05) is 11.8 Å². The lowest BCUT2D eigenvalue weighted by Crippen LogP contribution is -2.61. The standard InChI is InChI=1S/C12H22N2O4S/c1-9-7-19(17,18)6-5-14(9)8-12(2,11(15)16)13-10-3-4-10/h9-10,13H,3-8H2,1-2H3,(H,15,16). The first-order valence-corrected chi connectivity index (χ1v) is 8.49. The third-order valence-electron chi connectivity index (χ3n) is 3.90. The van der Waals surface area contributed by atoms with Crippen LogP contribution in [0, 0.1) is 0 Å². The molecule has 2 atom stereocenters. The molecule has 0 spiro atoms. The summed E-state index contributed by atoms with van der Waals surface area (Å²) in [5.41, 5.74) is -1.00. The molecule has 2 fully saturated rings. The molecule has 0 bridgehead atoms. The Balaban J connectivity index is 2.03. The number of rotatable bonds is 5. The van der Waals surface area contributed by atoms with E-state index in [2.05, 4.69) is 5.32 Å². The number of sulfone groups is 1. The average Bonchev–Trinajstić information content (AvgIpc) is 3.05. The van der Waals surface area contributed by atoms with Gasteiger partial charge in [-0.1, -0.05) is 0 Å². The molecule has 1 aliphatic heterocycles. The second kappa shape index (κ2) is 5.03. The van der Waals surface area contributed by atoms with E-state index in [1.54, 1.807) is 6.92 Å². The summed E-state index contributed by atoms with van der Waals surface area (Å²) in [6, 6.07) is 0.170. The number of hydrogen-bond acceptors (Lipinski definition) is 5. The van der Waals surface area contributed by atoms with Gasteiger partial charge in [0.1, 0.15) is 5.54 Å². The van der Waals surface area contributed by atoms with Crippen molar-refractivity contribution in [2.45, 2.75) is 44.3 Å². The monoisotopic (exact) mass is 290 g/mol. The van der Waals surface area contributed by atoms with Crippen LogP contribution in [0.2, 0.25) is 0 Å². The van der Waals surface area contributed by atoms with Crippen LogP contribution in [0.25, 0.3) is 0 Å². The zero-order valence-electron chi connectivity index (χ0n) is 11.4. The molecule has 1 aliphatic carbocycles. The van der Waals surface area contributed by atoms with Crippen molar-refractivity contribution in [1.82, 2.24) is 10.2 Å². The third kappa shape index (κ3) is 3.67. The van der Waals surface area contributed by atoms with E-state index in [9.17, 15) is 18.3 Å². The molecule has 2 N–H and O–H groups in total. The van der Waals surface area contributed by atoms with Crippen LogP contribution < -0.4 is 5.32 Å². The van der Waals surface area contributed by atoms with Gasteiger partial charge in [0.15, 0.2) is 9.84 Å². The van der Waals surface area contributed by atoms with Crippen LogP contribution in [-0.4, -0.2) is 66.6 Å². The van der Waals surface area contributed by atoms with Gasteiger partial charge in [-0.15, -0.1) is 0 Å². The molecule has 0 aromatic heterocycles. The normalized spacial score (nSPS) is 30.7. The molecule has 0 aromatic carbocycles. The SMILES string of the molecule is CC1CS(=O)(=O)CCN1CC(C)(NC1CC1)C(=O)O. The van der Waals surface area contributed by atoms with Crippen LogP contribution in [-0.2, 0) is 14.6 Å². The molecular weight excluding hydrogens is 268 g/mol. The number of carboxylic acid groups (broad SMARTS) is 1. The molecule has 2 aliphatic rings. The highest BCUT2D eigenvalue weighted by Crippen LogP contribution is 2.24. The lowest BCUT2D eigenvalue weighted by molar-refractivity contribution is -0.145. The summed E-state index contributed by atoms with van der Waals surface area (Å²) < 4.78 is 23.1. The van der Waals surface area contributed by atoms with Crippen LogP contribution in [0.15, 0.2) is 0 Å². The van der Waals surface area contributed by atoms with Crippen LogP contribution >= 0.6 is 0 Å². The molecule has 2 rings (SSSR count). The van der Waals surface area contributed by atoms with E-state index in [1.165, 1.54) is 0 Å². The van der Waals surface area contributed by atoms with Gasteiger partial charge in [-0.25, -0.2) is 8.42 Å². The Morgan fingerprint density at radius 2 is 2.11 bits per heavy atom. The molecule has 0 amide bonds. The summed E-state index contributed by atoms with van der Waals surface area (Å²) in [6.07, 6.45) is 2.04. The molecule has 0 aromatic rings. The van der Waals surface area contributed by atoms with Gasteiger partial charge in [-0.2, -0.15) is 0 Å². The Hall–Kier alpha value is -0.660. The average molecular weight is 290 g/mol. The predicted octanol–water partition coefficient (Wildman–Crippen LogP) is -0.299. The number of carbonyl (C=O) groups is 1. The van der Waals surface area contributed by atoms with E-state index in [4.69, 9.17) is 0 Å². The molecule has 1 saturated carbocycles. The van der Waals surface area contributed by atoms with E-state index >= 15 is 0 Å². The van der Waals surface area contributed by atoms with Gasteiger partial charge < -0.3 is 5.11 Å². The minimum Gasteiger partial charge on any atom is -0.480 e. The van der Waals surface area contributed by atoms with Crippen LogP contribution in [0.4, 0.5) is 0 Å². The predicted molar refractivity (Wildman–Crippen MR) is 71.9 cm³/mol. The van der Waals surface area contributed by atoms with Crippen molar-refractivity contribution in [3.05, 3.63) is 0 Å². The van der Waals surface area contributed by atoms with Gasteiger partial charge in [0.25, 0.3) is 0 Å². The minimum atomic E-state index is -2.96. The molecule has 110 valence electrons. The molecule has 1 heterocycles. The molecular formula is C12H22N2O4S. The van der Waals surface area contributed by atoms with Crippen molar-refractivity contribution >= 4 is 15.8 Å². The highest BCUT2D eigenvalue weighted by atomic mass is 32.2. The zero-order valence-corrected chi connectivity index (χ0v) is 12.2. The van der Waals surface area contributed by atoms with Gasteiger partial charge >= 0.3 is 5.97 Å². The van der Waals surface area contributed by atoms with E-state index < -0.39 is 21.3 Å². The Morgan fingerprint density at radius 3 is 2.58 bits per heavy atom. The van der Waals surface area contributed by atoms with Crippen LogP contribution in [0.3, 0.4) is 0 Å². The Bertz CT molecular complexity index is 460. The number of hydrogen-bond donors (Lipinski definition) is 2. The van der Waals surface area contributed by atoms with Crippen molar-refractivity contribution in [2.24, 2.45) is 0 Å². The maximum absolute atomic E-state index is 11.5. The fourth-order valence-electron chi connectivity index (χ4n) is 2.53. The quantitative estimate of drug-likeness (QED) is 0.723. The summed E-state index contributed by atoms with van der Waals surface area (Å²) >= 11 is 0. The summed E-state index contributed by atoms with van der Waals surface area (Å²) in [5, 5.41) is 12.6. The summed E-state index contributed by atoms with van der Waals surface area (Å²) in [7, 11) is -2.96. The van der Waals surface area contributed by atoms with Crippen LogP contribution in [0.1, 0.15) is 26.7 Å². The second-order valence-electron chi connectivity index (χ2n) is 5.99. The molecule has 2 unspecified atom stereocenters. The highest BCUT2D eigenvalue weighted by molar-refractivity contribution is 7.91. The van der Waals surface area contributed by atoms with Crippen molar-refractivity contribution in [2.75, 3.05) is 24.6 Å². The van der Waals surface area contributed by atoms with Gasteiger partial charge in [-0.3, -0.25) is 15.0 Å². The first kappa shape index (κ1) is 14.7. The smallest absolute Gasteiger partial charge is 0.324 e. The molecule has 6 nitrogen and oxygen atoms in total. The second-order valence-corrected chi connectivity index (χ2v) is 8.22. The number of carboxylic acids is 1. The van der Waals surface area contributed by atoms with Gasteiger partial charge in [-0.05, 0) is 26.7 Å². The minimum absolute atomic E-state index is 0.117. The Labute approximate surface area is 114 Å². The lowest BCUT2D eigenvalue weighted by Gasteiger charge is -2.39. The Morgan fingerprint density at radius 1 is 1.47 bits per heavy atom. The molecule has 19 heavy (non-hydrogen) atoms. The van der Waals surface area contributed by atoms with E-state index in [-0.39, 0.29) is 17.5 Å². The van der Waals surface area contributed by atoms with Crippen molar-refractivity contribution in [3.63, 3.8) is 0 Å². The number of aliphatic carboxylic acids is 1. The van der Waals surface area contributed by atoms with Crippen molar-refractivity contribution in [1.29, 1.82) is 0 Å². The van der Waals surface area contributed by atoms with Gasteiger partial charge in [0.2, 0.25) is 0 Å². The maximum atomic E-state index is 11.5. The molecule has 0 radical (unpaired) electrons. The fraction of sp³-hybridized carbons (Fsp3) is 0.917. The zero-order chi connectivity index (χ0) is 14.3. The van der Waals surface area contributed by atoms with Crippen molar-refractivity contribution < 1.29 is 18.3 Å². The first-order valence-electron chi connectivity index (χ1n) is 6.67. The number of nitrogens with one attached hydrogen (secondary N) is 1. The van der Waals surface area contributed by atoms with E-state index in [0.717, 1.165) is 12.8 Å². The third-order valence-corrected chi connectivity index (χ3v) is 5.69. The Kier molecular flexibility index (Phi) is 3.90. The molecule has 7 heteroatoms. The van der Waals surface area contributed by atoms with Gasteiger partial charge in [0, 0.05) is 25.2 Å². The first-order chi connectivity index (χ1) is 8.72. The summed E-state index contributed by atoms with van der Waals surface area (Å²) in [6.45, 7) is 4.29. The largest absolute Gasteiger partial charge is 0.480 e. The van der Waals surface area contributed by atoms with Crippen molar-refractivity contribution in [3.8, 4) is 0 Å². The lowest BCUT2D eigenvalue weighted by atomic mass is 10.0.